The van der Waals surface area contributed by atoms with Gasteiger partial charge in [-0.15, -0.1) is 11.8 Å². The predicted molar refractivity (Wildman–Crippen MR) is 86.9 cm³/mol. The second kappa shape index (κ2) is 6.37. The van der Waals surface area contributed by atoms with Gasteiger partial charge >= 0.3 is 0 Å². The fourth-order valence-corrected chi connectivity index (χ4v) is 3.86. The standard InChI is InChI=1S/C14H14N2O4S2/c1-10-4-3-5-13(16(17)18)14(10)22(19,20)15-11-6-8-12(21-2)9-7-11/h3-9,15H,1-2H3. The average molecular weight is 338 g/mol. The molecular weight excluding hydrogens is 324 g/mol. The summed E-state index contributed by atoms with van der Waals surface area (Å²) in [6.07, 6.45) is 1.91. The molecule has 0 aliphatic carbocycles. The molecule has 0 radical (unpaired) electrons. The van der Waals surface area contributed by atoms with Crippen LogP contribution in [0.4, 0.5) is 11.4 Å². The highest BCUT2D eigenvalue weighted by Gasteiger charge is 2.27. The number of anilines is 1. The predicted octanol–water partition coefficient (Wildman–Crippen LogP) is 3.43. The van der Waals surface area contributed by atoms with Crippen molar-refractivity contribution in [2.45, 2.75) is 16.7 Å². The molecule has 0 aromatic heterocycles. The van der Waals surface area contributed by atoms with E-state index in [2.05, 4.69) is 4.72 Å². The van der Waals surface area contributed by atoms with E-state index in [0.717, 1.165) is 4.90 Å². The second-order valence-electron chi connectivity index (χ2n) is 4.51. The van der Waals surface area contributed by atoms with E-state index in [4.69, 9.17) is 0 Å². The summed E-state index contributed by atoms with van der Waals surface area (Å²) in [5.74, 6) is 0. The number of hydrogen-bond donors (Lipinski definition) is 1. The number of benzene rings is 2. The molecule has 22 heavy (non-hydrogen) atoms. The Balaban J connectivity index is 2.44. The molecule has 8 heteroatoms. The van der Waals surface area contributed by atoms with Gasteiger partial charge in [0.25, 0.3) is 15.7 Å². The Hall–Kier alpha value is -2.06. The third-order valence-corrected chi connectivity index (χ3v) is 5.32. The van der Waals surface area contributed by atoms with Gasteiger partial charge < -0.3 is 0 Å². The summed E-state index contributed by atoms with van der Waals surface area (Å²) in [5, 5.41) is 11.1. The fraction of sp³-hybridized carbons (Fsp3) is 0.143. The van der Waals surface area contributed by atoms with E-state index in [0.29, 0.717) is 11.3 Å². The monoisotopic (exact) mass is 338 g/mol. The van der Waals surface area contributed by atoms with Gasteiger partial charge in [0.2, 0.25) is 0 Å². The highest BCUT2D eigenvalue weighted by atomic mass is 32.2. The molecule has 0 saturated heterocycles. The number of nitrogens with one attached hydrogen (secondary N) is 1. The third-order valence-electron chi connectivity index (χ3n) is 3.00. The molecule has 2 rings (SSSR count). The minimum absolute atomic E-state index is 0.311. The lowest BCUT2D eigenvalue weighted by molar-refractivity contribution is -0.387. The Morgan fingerprint density at radius 2 is 1.77 bits per heavy atom. The van der Waals surface area contributed by atoms with Gasteiger partial charge in [-0.05, 0) is 43.0 Å². The molecule has 0 heterocycles. The number of rotatable bonds is 5. The summed E-state index contributed by atoms with van der Waals surface area (Å²) in [6.45, 7) is 1.53. The molecular formula is C14H14N2O4S2. The normalized spacial score (nSPS) is 11.2. The fourth-order valence-electron chi connectivity index (χ4n) is 2.00. The number of hydrogen-bond acceptors (Lipinski definition) is 5. The van der Waals surface area contributed by atoms with E-state index in [1.54, 1.807) is 24.3 Å². The van der Waals surface area contributed by atoms with Crippen molar-refractivity contribution in [3.63, 3.8) is 0 Å². The largest absolute Gasteiger partial charge is 0.290 e. The van der Waals surface area contributed by atoms with Crippen LogP contribution in [0, 0.1) is 17.0 Å². The van der Waals surface area contributed by atoms with Crippen LogP contribution in [0.1, 0.15) is 5.56 Å². The smallest absolute Gasteiger partial charge is 0.279 e. The van der Waals surface area contributed by atoms with Crippen molar-refractivity contribution in [1.82, 2.24) is 0 Å². The van der Waals surface area contributed by atoms with Gasteiger partial charge in [-0.1, -0.05) is 12.1 Å². The van der Waals surface area contributed by atoms with Crippen molar-refractivity contribution >= 4 is 33.2 Å². The van der Waals surface area contributed by atoms with E-state index in [1.807, 2.05) is 6.26 Å². The van der Waals surface area contributed by atoms with E-state index >= 15 is 0 Å². The number of thioether (sulfide) groups is 1. The number of nitro groups is 1. The van der Waals surface area contributed by atoms with Crippen LogP contribution in [0.2, 0.25) is 0 Å². The highest BCUT2D eigenvalue weighted by Crippen LogP contribution is 2.29. The maximum absolute atomic E-state index is 12.5. The third kappa shape index (κ3) is 3.40. The van der Waals surface area contributed by atoms with Crippen molar-refractivity contribution in [3.8, 4) is 0 Å². The molecule has 0 fully saturated rings. The number of nitrogens with zero attached hydrogens (tertiary/aromatic N) is 1. The first-order valence-electron chi connectivity index (χ1n) is 6.26. The Kier molecular flexibility index (Phi) is 4.72. The van der Waals surface area contributed by atoms with E-state index < -0.39 is 20.6 Å². The first-order chi connectivity index (χ1) is 10.3. The molecule has 0 atom stereocenters. The van der Waals surface area contributed by atoms with Gasteiger partial charge in [-0.25, -0.2) is 8.42 Å². The lowest BCUT2D eigenvalue weighted by Crippen LogP contribution is -2.16. The van der Waals surface area contributed by atoms with Gasteiger partial charge in [-0.3, -0.25) is 14.8 Å². The van der Waals surface area contributed by atoms with Gasteiger partial charge in [0.05, 0.1) is 4.92 Å². The maximum Gasteiger partial charge on any atom is 0.290 e. The molecule has 0 amide bonds. The summed E-state index contributed by atoms with van der Waals surface area (Å²) in [5.41, 5.74) is 0.242. The quantitative estimate of drug-likeness (QED) is 0.512. The van der Waals surface area contributed by atoms with Crippen molar-refractivity contribution < 1.29 is 13.3 Å². The number of sulfonamides is 1. The topological polar surface area (TPSA) is 89.3 Å². The molecule has 0 saturated carbocycles. The molecule has 0 aliphatic heterocycles. The Morgan fingerprint density at radius 3 is 2.32 bits per heavy atom. The minimum atomic E-state index is -4.04. The summed E-state index contributed by atoms with van der Waals surface area (Å²) in [7, 11) is -4.04. The summed E-state index contributed by atoms with van der Waals surface area (Å²) in [6, 6.07) is 10.9. The SMILES string of the molecule is CSc1ccc(NS(=O)(=O)c2c(C)cccc2[N+](=O)[O-])cc1. The minimum Gasteiger partial charge on any atom is -0.279 e. The summed E-state index contributed by atoms with van der Waals surface area (Å²) in [4.78, 5) is 11.1. The van der Waals surface area contributed by atoms with E-state index in [1.165, 1.54) is 36.9 Å². The lowest BCUT2D eigenvalue weighted by Gasteiger charge is -2.11. The molecule has 0 spiro atoms. The van der Waals surface area contributed by atoms with Gasteiger partial charge in [-0.2, -0.15) is 0 Å². The molecule has 2 aromatic rings. The van der Waals surface area contributed by atoms with Crippen LogP contribution in [0.25, 0.3) is 0 Å². The van der Waals surface area contributed by atoms with Crippen LogP contribution in [0.5, 0.6) is 0 Å². The number of aryl methyl sites for hydroxylation is 1. The van der Waals surface area contributed by atoms with E-state index in [9.17, 15) is 18.5 Å². The molecule has 6 nitrogen and oxygen atoms in total. The van der Waals surface area contributed by atoms with Crippen molar-refractivity contribution in [1.29, 1.82) is 0 Å². The maximum atomic E-state index is 12.5. The van der Waals surface area contributed by atoms with Crippen LogP contribution >= 0.6 is 11.8 Å². The highest BCUT2D eigenvalue weighted by molar-refractivity contribution is 7.98. The zero-order valence-corrected chi connectivity index (χ0v) is 13.6. The second-order valence-corrected chi connectivity index (χ2v) is 7.01. The molecule has 2 aromatic carbocycles. The van der Waals surface area contributed by atoms with Crippen LogP contribution in [0.15, 0.2) is 52.3 Å². The zero-order valence-electron chi connectivity index (χ0n) is 11.9. The average Bonchev–Trinajstić information content (AvgIpc) is 2.47. The van der Waals surface area contributed by atoms with Gasteiger partial charge in [0.15, 0.2) is 4.90 Å². The summed E-state index contributed by atoms with van der Waals surface area (Å²) < 4.78 is 27.3. The van der Waals surface area contributed by atoms with Crippen LogP contribution < -0.4 is 4.72 Å². The first kappa shape index (κ1) is 16.3. The zero-order chi connectivity index (χ0) is 16.3. The first-order valence-corrected chi connectivity index (χ1v) is 8.97. The van der Waals surface area contributed by atoms with E-state index in [-0.39, 0.29) is 4.90 Å². The van der Waals surface area contributed by atoms with Crippen molar-refractivity contribution in [3.05, 3.63) is 58.1 Å². The van der Waals surface area contributed by atoms with Crippen LogP contribution in [-0.2, 0) is 10.0 Å². The molecule has 1 N–H and O–H groups in total. The van der Waals surface area contributed by atoms with Crippen molar-refractivity contribution in [2.24, 2.45) is 0 Å². The Labute approximate surface area is 132 Å². The molecule has 0 aliphatic rings. The number of nitro benzene ring substituents is 1. The van der Waals surface area contributed by atoms with Gasteiger partial charge in [0, 0.05) is 16.6 Å². The molecule has 0 unspecified atom stereocenters. The van der Waals surface area contributed by atoms with Crippen LogP contribution in [0.3, 0.4) is 0 Å². The van der Waals surface area contributed by atoms with Crippen LogP contribution in [-0.4, -0.2) is 19.6 Å². The Bertz CT molecular complexity index is 802. The molecule has 116 valence electrons. The summed E-state index contributed by atoms with van der Waals surface area (Å²) >= 11 is 1.53. The lowest BCUT2D eigenvalue weighted by atomic mass is 10.2. The molecule has 0 bridgehead atoms. The Morgan fingerprint density at radius 1 is 1.14 bits per heavy atom. The van der Waals surface area contributed by atoms with Gasteiger partial charge in [0.1, 0.15) is 0 Å². The van der Waals surface area contributed by atoms with Crippen molar-refractivity contribution in [2.75, 3.05) is 11.0 Å².